The first kappa shape index (κ1) is 7.63. The SMILES string of the molecule is C/C=C\C=C/N(C)S. The third-order valence-electron chi connectivity index (χ3n) is 0.605. The molecule has 0 unspecified atom stereocenters. The Bertz CT molecular complexity index is 94.7. The molecule has 0 fully saturated rings. The van der Waals surface area contributed by atoms with Crippen LogP contribution < -0.4 is 0 Å². The summed E-state index contributed by atoms with van der Waals surface area (Å²) in [6.45, 7) is 1.98. The number of rotatable bonds is 2. The highest BCUT2D eigenvalue weighted by Gasteiger charge is 1.69. The molecule has 0 aromatic carbocycles. The van der Waals surface area contributed by atoms with E-state index in [1.54, 1.807) is 4.31 Å². The Morgan fingerprint density at radius 2 is 2.00 bits per heavy atom. The molecule has 0 N–H and O–H groups in total. The minimum Gasteiger partial charge on any atom is -0.329 e. The zero-order chi connectivity index (χ0) is 6.41. The molecule has 46 valence electrons. The van der Waals surface area contributed by atoms with Gasteiger partial charge in [-0.25, -0.2) is 0 Å². The van der Waals surface area contributed by atoms with Crippen molar-refractivity contribution in [1.29, 1.82) is 0 Å². The summed E-state index contributed by atoms with van der Waals surface area (Å²) in [5.41, 5.74) is 0. The quantitative estimate of drug-likeness (QED) is 0.440. The number of nitrogens with zero attached hydrogens (tertiary/aromatic N) is 1. The van der Waals surface area contributed by atoms with Gasteiger partial charge in [0.05, 0.1) is 0 Å². The van der Waals surface area contributed by atoms with Crippen molar-refractivity contribution < 1.29 is 0 Å². The van der Waals surface area contributed by atoms with Gasteiger partial charge in [-0.2, -0.15) is 0 Å². The lowest BCUT2D eigenvalue weighted by Crippen LogP contribution is -1.89. The molecule has 0 aromatic rings. The van der Waals surface area contributed by atoms with E-state index in [1.165, 1.54) is 0 Å². The average molecular weight is 129 g/mol. The molecule has 0 saturated carbocycles. The van der Waals surface area contributed by atoms with Crippen molar-refractivity contribution in [2.45, 2.75) is 6.92 Å². The van der Waals surface area contributed by atoms with Crippen molar-refractivity contribution in [3.63, 3.8) is 0 Å². The van der Waals surface area contributed by atoms with Crippen molar-refractivity contribution >= 4 is 12.8 Å². The molecule has 2 heteroatoms. The van der Waals surface area contributed by atoms with E-state index in [2.05, 4.69) is 12.8 Å². The Labute approximate surface area is 56.2 Å². The summed E-state index contributed by atoms with van der Waals surface area (Å²) in [5.74, 6) is 0. The van der Waals surface area contributed by atoms with Crippen LogP contribution in [0.5, 0.6) is 0 Å². The van der Waals surface area contributed by atoms with Gasteiger partial charge in [-0.3, -0.25) is 0 Å². The van der Waals surface area contributed by atoms with Crippen LogP contribution in [0.4, 0.5) is 0 Å². The third-order valence-corrected chi connectivity index (χ3v) is 0.739. The highest BCUT2D eigenvalue weighted by Crippen LogP contribution is 1.86. The number of hydrogen-bond acceptors (Lipinski definition) is 2. The average Bonchev–Trinajstić information content (AvgIpc) is 1.66. The summed E-state index contributed by atoms with van der Waals surface area (Å²) in [6.07, 6.45) is 7.70. The minimum absolute atomic E-state index is 1.69. The molecule has 0 aliphatic heterocycles. The predicted octanol–water partition coefficient (Wildman–Crippen LogP) is 1.85. The largest absolute Gasteiger partial charge is 0.329 e. The highest BCUT2D eigenvalue weighted by atomic mass is 32.1. The molecule has 0 aliphatic rings. The fourth-order valence-corrected chi connectivity index (χ4v) is 0.362. The summed E-state index contributed by atoms with van der Waals surface area (Å²) in [5, 5.41) is 0. The van der Waals surface area contributed by atoms with Gasteiger partial charge < -0.3 is 4.31 Å². The second kappa shape index (κ2) is 4.78. The number of allylic oxidation sites excluding steroid dienone is 3. The van der Waals surface area contributed by atoms with E-state index in [0.29, 0.717) is 0 Å². The van der Waals surface area contributed by atoms with Crippen LogP contribution in [0, 0.1) is 0 Å². The van der Waals surface area contributed by atoms with Gasteiger partial charge in [0.2, 0.25) is 0 Å². The summed E-state index contributed by atoms with van der Waals surface area (Å²) < 4.78 is 1.69. The monoisotopic (exact) mass is 129 g/mol. The van der Waals surface area contributed by atoms with E-state index in [-0.39, 0.29) is 0 Å². The molecule has 0 aliphatic carbocycles. The molecule has 0 aromatic heterocycles. The van der Waals surface area contributed by atoms with E-state index in [0.717, 1.165) is 0 Å². The van der Waals surface area contributed by atoms with Gasteiger partial charge in [0, 0.05) is 13.2 Å². The normalized spacial score (nSPS) is 11.4. The standard InChI is InChI=1S/C6H11NS/c1-3-4-5-6-7(2)8/h3-6,8H,1-2H3/b4-3-,6-5-. The van der Waals surface area contributed by atoms with Gasteiger partial charge in [-0.05, 0) is 13.0 Å². The molecule has 0 amide bonds. The Balaban J connectivity index is 3.34. The molecule has 0 saturated heterocycles. The Morgan fingerprint density at radius 3 is 2.38 bits per heavy atom. The molecule has 0 rings (SSSR count). The summed E-state index contributed by atoms with van der Waals surface area (Å²) >= 11 is 3.98. The highest BCUT2D eigenvalue weighted by molar-refractivity contribution is 7.77. The lowest BCUT2D eigenvalue weighted by atomic mass is 10.5. The van der Waals surface area contributed by atoms with Gasteiger partial charge in [0.1, 0.15) is 0 Å². The fraction of sp³-hybridized carbons (Fsp3) is 0.333. The maximum atomic E-state index is 3.98. The Hall–Kier alpha value is -0.370. The lowest BCUT2D eigenvalue weighted by molar-refractivity contribution is 0.786. The van der Waals surface area contributed by atoms with Crippen molar-refractivity contribution in [2.75, 3.05) is 7.05 Å². The molecule has 0 bridgehead atoms. The first-order valence-electron chi connectivity index (χ1n) is 2.48. The van der Waals surface area contributed by atoms with E-state index < -0.39 is 0 Å². The molecule has 0 spiro atoms. The first-order chi connectivity index (χ1) is 3.77. The number of hydrogen-bond donors (Lipinski definition) is 1. The lowest BCUT2D eigenvalue weighted by Gasteiger charge is -1.98. The van der Waals surface area contributed by atoms with Crippen LogP contribution in [0.1, 0.15) is 6.92 Å². The van der Waals surface area contributed by atoms with E-state index in [1.807, 2.05) is 38.4 Å². The van der Waals surface area contributed by atoms with Crippen LogP contribution >= 0.6 is 12.8 Å². The second-order valence-corrected chi connectivity index (χ2v) is 2.07. The smallest absolute Gasteiger partial charge is 0.0174 e. The van der Waals surface area contributed by atoms with Gasteiger partial charge in [-0.15, -0.1) is 0 Å². The molecular weight excluding hydrogens is 118 g/mol. The summed E-state index contributed by atoms with van der Waals surface area (Å²) in [4.78, 5) is 0. The van der Waals surface area contributed by atoms with Crippen molar-refractivity contribution in [2.24, 2.45) is 0 Å². The Morgan fingerprint density at radius 1 is 1.38 bits per heavy atom. The van der Waals surface area contributed by atoms with Gasteiger partial charge in [0.25, 0.3) is 0 Å². The van der Waals surface area contributed by atoms with Gasteiger partial charge in [-0.1, -0.05) is 25.0 Å². The fourth-order valence-electron chi connectivity index (χ4n) is 0.285. The topological polar surface area (TPSA) is 3.24 Å². The molecular formula is C6H11NS. The van der Waals surface area contributed by atoms with Gasteiger partial charge >= 0.3 is 0 Å². The van der Waals surface area contributed by atoms with E-state index >= 15 is 0 Å². The molecule has 0 atom stereocenters. The van der Waals surface area contributed by atoms with Crippen LogP contribution in [-0.4, -0.2) is 11.4 Å². The second-order valence-electron chi connectivity index (χ2n) is 1.44. The van der Waals surface area contributed by atoms with Crippen molar-refractivity contribution in [3.8, 4) is 0 Å². The minimum atomic E-state index is 1.69. The predicted molar refractivity (Wildman–Crippen MR) is 40.7 cm³/mol. The molecule has 0 radical (unpaired) electrons. The van der Waals surface area contributed by atoms with Crippen molar-refractivity contribution in [3.05, 3.63) is 24.4 Å². The van der Waals surface area contributed by atoms with Crippen LogP contribution in [0.3, 0.4) is 0 Å². The van der Waals surface area contributed by atoms with Crippen LogP contribution in [-0.2, 0) is 0 Å². The molecule has 8 heavy (non-hydrogen) atoms. The number of thiol groups is 1. The maximum absolute atomic E-state index is 3.98. The van der Waals surface area contributed by atoms with E-state index in [9.17, 15) is 0 Å². The van der Waals surface area contributed by atoms with Crippen LogP contribution in [0.25, 0.3) is 0 Å². The van der Waals surface area contributed by atoms with Crippen LogP contribution in [0.2, 0.25) is 0 Å². The zero-order valence-electron chi connectivity index (χ0n) is 5.20. The Kier molecular flexibility index (Phi) is 4.56. The van der Waals surface area contributed by atoms with Crippen molar-refractivity contribution in [1.82, 2.24) is 4.31 Å². The summed E-state index contributed by atoms with van der Waals surface area (Å²) in [7, 11) is 1.86. The molecule has 1 nitrogen and oxygen atoms in total. The van der Waals surface area contributed by atoms with Gasteiger partial charge in [0.15, 0.2) is 0 Å². The van der Waals surface area contributed by atoms with Crippen LogP contribution in [0.15, 0.2) is 24.4 Å². The summed E-state index contributed by atoms with van der Waals surface area (Å²) in [6, 6.07) is 0. The zero-order valence-corrected chi connectivity index (χ0v) is 6.10. The third kappa shape index (κ3) is 5.63. The van der Waals surface area contributed by atoms with E-state index in [4.69, 9.17) is 0 Å². The maximum Gasteiger partial charge on any atom is 0.0174 e. The first-order valence-corrected chi connectivity index (χ1v) is 2.88. The molecule has 0 heterocycles.